The van der Waals surface area contributed by atoms with Gasteiger partial charge < -0.3 is 18.8 Å². The standard InChI is InChI=1S/C25H23O3S3.C4HF9O3S/c1-26-18-4-10-21(11-5-18)29-24-16-17-25(30-24)31(22-12-6-19(27-2)7-13-22)23-14-8-20(28-3)9-15-23;5-1(6,3(9,10)11)2(7,8)4(12,13)17(14,15)16/h4-17H,1-3H3;(H,14,15,16)/q+1;/p-1. The van der Waals surface area contributed by atoms with Crippen molar-refractivity contribution in [2.75, 3.05) is 21.3 Å². The minimum absolute atomic E-state index is 0.203. The second-order valence-electron chi connectivity index (χ2n) is 9.13. The van der Waals surface area contributed by atoms with Crippen molar-refractivity contribution >= 4 is 44.1 Å². The fraction of sp³-hybridized carbons (Fsp3) is 0.241. The molecule has 3 aromatic carbocycles. The van der Waals surface area contributed by atoms with Crippen molar-refractivity contribution in [3.8, 4) is 17.2 Å². The summed E-state index contributed by atoms with van der Waals surface area (Å²) in [5.74, 6) is -12.2. The van der Waals surface area contributed by atoms with Gasteiger partial charge in [-0.2, -0.15) is 39.5 Å². The van der Waals surface area contributed by atoms with Crippen LogP contribution in [0.2, 0.25) is 0 Å². The Balaban J connectivity index is 0.000000315. The van der Waals surface area contributed by atoms with Gasteiger partial charge in [-0.3, -0.25) is 0 Å². The van der Waals surface area contributed by atoms with E-state index in [-0.39, 0.29) is 10.9 Å². The molecule has 6 nitrogen and oxygen atoms in total. The van der Waals surface area contributed by atoms with E-state index in [1.54, 1.807) is 33.1 Å². The van der Waals surface area contributed by atoms with Crippen molar-refractivity contribution in [2.45, 2.75) is 46.4 Å². The first-order valence-corrected chi connectivity index (χ1v) is 17.1. The van der Waals surface area contributed by atoms with Gasteiger partial charge in [0.15, 0.2) is 19.9 Å². The van der Waals surface area contributed by atoms with E-state index >= 15 is 0 Å². The smallest absolute Gasteiger partial charge is 0.460 e. The van der Waals surface area contributed by atoms with Crippen LogP contribution >= 0.6 is 23.1 Å². The fourth-order valence-corrected chi connectivity index (χ4v) is 8.91. The SMILES string of the molecule is COc1ccc(Sc2ccc([S+](c3ccc(OC)cc3)c3ccc(OC)cc3)s2)cc1.O=S(=O)([O-])C(F)(F)C(F)(F)C(F)(F)C(F)(F)F. The van der Waals surface area contributed by atoms with Gasteiger partial charge in [0.05, 0.1) is 25.5 Å². The molecule has 0 atom stereocenters. The predicted molar refractivity (Wildman–Crippen MR) is 160 cm³/mol. The van der Waals surface area contributed by atoms with Gasteiger partial charge in [0.2, 0.25) is 4.21 Å². The lowest BCUT2D eigenvalue weighted by molar-refractivity contribution is -0.382. The molecular weight excluding hydrogens is 744 g/mol. The van der Waals surface area contributed by atoms with Crippen LogP contribution in [0.15, 0.2) is 108 Å². The van der Waals surface area contributed by atoms with E-state index in [0.29, 0.717) is 0 Å². The monoisotopic (exact) mass is 766 g/mol. The van der Waals surface area contributed by atoms with Crippen LogP contribution in [-0.4, -0.2) is 57.6 Å². The van der Waals surface area contributed by atoms with E-state index < -0.39 is 33.4 Å². The van der Waals surface area contributed by atoms with Crippen molar-refractivity contribution in [2.24, 2.45) is 0 Å². The van der Waals surface area contributed by atoms with E-state index in [2.05, 4.69) is 48.5 Å². The molecule has 0 aliphatic rings. The second kappa shape index (κ2) is 15.1. The Labute approximate surface area is 279 Å². The maximum absolute atomic E-state index is 12.2. The summed E-state index contributed by atoms with van der Waals surface area (Å²) in [4.78, 5) is 3.71. The minimum Gasteiger partial charge on any atom is -0.743 e. The van der Waals surface area contributed by atoms with Gasteiger partial charge >= 0.3 is 23.3 Å². The fourth-order valence-electron chi connectivity index (χ4n) is 3.54. The number of methoxy groups -OCH3 is 3. The number of thiophene rings is 1. The van der Waals surface area contributed by atoms with E-state index in [0.717, 1.165) is 17.2 Å². The quantitative estimate of drug-likeness (QED) is 0.0857. The van der Waals surface area contributed by atoms with Gasteiger partial charge in [0.1, 0.15) is 28.1 Å². The molecule has 1 heterocycles. The Hall–Kier alpha value is -3.26. The molecule has 0 spiro atoms. The van der Waals surface area contributed by atoms with Gasteiger partial charge in [-0.05, 0) is 78.9 Å². The molecule has 0 fully saturated rings. The molecule has 0 aliphatic heterocycles. The third-order valence-corrected chi connectivity index (χ3v) is 11.7. The predicted octanol–water partition coefficient (Wildman–Crippen LogP) is 8.98. The highest BCUT2D eigenvalue weighted by Crippen LogP contribution is 2.54. The summed E-state index contributed by atoms with van der Waals surface area (Å²) < 4.78 is 154. The molecule has 262 valence electrons. The number of hydrogen-bond donors (Lipinski definition) is 0. The summed E-state index contributed by atoms with van der Waals surface area (Å²) in [6.45, 7) is 0. The average Bonchev–Trinajstić information content (AvgIpc) is 3.49. The number of rotatable bonds is 11. The molecule has 0 unspecified atom stereocenters. The van der Waals surface area contributed by atoms with Crippen molar-refractivity contribution in [3.05, 3.63) is 84.9 Å². The zero-order valence-electron chi connectivity index (χ0n) is 24.6. The Morgan fingerprint density at radius 1 is 0.625 bits per heavy atom. The van der Waals surface area contributed by atoms with Gasteiger partial charge in [0.25, 0.3) is 0 Å². The Morgan fingerprint density at radius 2 is 1.02 bits per heavy atom. The summed E-state index contributed by atoms with van der Waals surface area (Å²) in [7, 11) is -2.54. The van der Waals surface area contributed by atoms with Crippen LogP contribution in [0.1, 0.15) is 0 Å². The molecular formula is C29H23F9O6S4. The first kappa shape index (κ1) is 39.2. The van der Waals surface area contributed by atoms with Crippen LogP contribution < -0.4 is 14.2 Å². The van der Waals surface area contributed by atoms with Crippen LogP contribution in [0.25, 0.3) is 0 Å². The zero-order chi connectivity index (χ0) is 36.1. The zero-order valence-corrected chi connectivity index (χ0v) is 27.8. The topological polar surface area (TPSA) is 84.9 Å². The third-order valence-electron chi connectivity index (χ3n) is 6.06. The lowest BCUT2D eigenvalue weighted by Crippen LogP contribution is -2.63. The summed E-state index contributed by atoms with van der Waals surface area (Å²) in [5, 5.41) is -7.11. The van der Waals surface area contributed by atoms with Crippen molar-refractivity contribution in [1.29, 1.82) is 0 Å². The molecule has 4 aromatic rings. The molecule has 4 rings (SSSR count). The molecule has 0 amide bonds. The highest BCUT2D eigenvalue weighted by molar-refractivity contribution is 8.02. The normalized spacial score (nSPS) is 12.7. The lowest BCUT2D eigenvalue weighted by atomic mass is 10.1. The van der Waals surface area contributed by atoms with Gasteiger partial charge in [0, 0.05) is 11.0 Å². The molecule has 0 aliphatic carbocycles. The molecule has 19 heteroatoms. The largest absolute Gasteiger partial charge is 0.743 e. The van der Waals surface area contributed by atoms with Crippen LogP contribution in [0.3, 0.4) is 0 Å². The summed E-state index contributed by atoms with van der Waals surface area (Å²) >= 11 is 3.61. The number of ether oxygens (including phenoxy) is 3. The number of halogens is 9. The van der Waals surface area contributed by atoms with E-state index in [4.69, 9.17) is 14.2 Å². The van der Waals surface area contributed by atoms with E-state index in [1.165, 1.54) is 23.1 Å². The highest BCUT2D eigenvalue weighted by atomic mass is 32.2. The summed E-state index contributed by atoms with van der Waals surface area (Å²) in [5.41, 5.74) is 0. The highest BCUT2D eigenvalue weighted by Gasteiger charge is 2.83. The van der Waals surface area contributed by atoms with Crippen LogP contribution in [0.4, 0.5) is 39.5 Å². The third kappa shape index (κ3) is 8.47. The average molecular weight is 767 g/mol. The summed E-state index contributed by atoms with van der Waals surface area (Å²) in [6, 6.07) is 29.4. The summed E-state index contributed by atoms with van der Waals surface area (Å²) in [6.07, 6.45) is -7.16. The second-order valence-corrected chi connectivity index (χ2v) is 15.3. The maximum Gasteiger partial charge on any atom is 0.460 e. The first-order valence-electron chi connectivity index (χ1n) is 12.8. The van der Waals surface area contributed by atoms with Crippen LogP contribution in [0.5, 0.6) is 17.2 Å². The Bertz CT molecular complexity index is 1700. The molecule has 0 bridgehead atoms. The van der Waals surface area contributed by atoms with Crippen molar-refractivity contribution < 1.29 is 66.7 Å². The van der Waals surface area contributed by atoms with E-state index in [9.17, 15) is 52.5 Å². The molecule has 0 saturated heterocycles. The first-order chi connectivity index (χ1) is 22.2. The van der Waals surface area contributed by atoms with Gasteiger partial charge in [-0.1, -0.05) is 23.1 Å². The van der Waals surface area contributed by atoms with Crippen molar-refractivity contribution in [1.82, 2.24) is 0 Å². The maximum atomic E-state index is 12.2. The van der Waals surface area contributed by atoms with E-state index in [1.807, 2.05) is 47.7 Å². The number of benzene rings is 3. The minimum atomic E-state index is -7.43. The molecule has 0 saturated carbocycles. The lowest BCUT2D eigenvalue weighted by Gasteiger charge is -2.34. The van der Waals surface area contributed by atoms with Gasteiger partial charge in [-0.25, -0.2) is 8.42 Å². The van der Waals surface area contributed by atoms with Crippen LogP contribution in [-0.2, 0) is 21.0 Å². The van der Waals surface area contributed by atoms with Crippen LogP contribution in [0, 0.1) is 0 Å². The molecule has 0 radical (unpaired) electrons. The number of alkyl halides is 9. The van der Waals surface area contributed by atoms with Crippen molar-refractivity contribution in [3.63, 3.8) is 0 Å². The molecule has 48 heavy (non-hydrogen) atoms. The molecule has 1 aromatic heterocycles. The Morgan fingerprint density at radius 3 is 1.38 bits per heavy atom. The number of hydrogen-bond acceptors (Lipinski definition) is 8. The molecule has 0 N–H and O–H groups in total. The van der Waals surface area contributed by atoms with Gasteiger partial charge in [-0.15, -0.1) is 0 Å². The Kier molecular flexibility index (Phi) is 12.3.